The number of aromatic carboxylic acids is 1. The van der Waals surface area contributed by atoms with Gasteiger partial charge in [0.05, 0.1) is 28.9 Å². The highest BCUT2D eigenvalue weighted by atomic mass is 32.1. The Kier molecular flexibility index (Phi) is 5.49. The first-order valence-corrected chi connectivity index (χ1v) is 9.85. The summed E-state index contributed by atoms with van der Waals surface area (Å²) in [5, 5.41) is 20.3. The van der Waals surface area contributed by atoms with Gasteiger partial charge in [0.1, 0.15) is 5.69 Å². The number of anilines is 1. The van der Waals surface area contributed by atoms with Crippen LogP contribution in [0.3, 0.4) is 0 Å². The monoisotopic (exact) mass is 402 g/mol. The lowest BCUT2D eigenvalue weighted by Gasteiger charge is -2.03. The number of hydrazone groups is 1. The van der Waals surface area contributed by atoms with Crippen LogP contribution in [0.1, 0.15) is 21.5 Å². The molecule has 0 bridgehead atoms. The summed E-state index contributed by atoms with van der Waals surface area (Å²) >= 11 is 1.61. The maximum absolute atomic E-state index is 11.3. The maximum atomic E-state index is 11.3. The SMILES string of the molecule is O=C(O)c1ccccc1N/N=C/c1cn(Cc2ccccc2)nc1-c1cccs1. The summed E-state index contributed by atoms with van der Waals surface area (Å²) in [6, 6.07) is 20.8. The van der Waals surface area contributed by atoms with Crippen molar-refractivity contribution in [2.45, 2.75) is 6.54 Å². The van der Waals surface area contributed by atoms with Gasteiger partial charge in [0.25, 0.3) is 0 Å². The molecule has 0 unspecified atom stereocenters. The average Bonchev–Trinajstić information content (AvgIpc) is 3.39. The van der Waals surface area contributed by atoms with Crippen molar-refractivity contribution in [1.82, 2.24) is 9.78 Å². The number of hydrogen-bond acceptors (Lipinski definition) is 5. The van der Waals surface area contributed by atoms with Gasteiger partial charge in [-0.2, -0.15) is 10.2 Å². The molecule has 2 heterocycles. The minimum Gasteiger partial charge on any atom is -0.478 e. The molecule has 2 N–H and O–H groups in total. The van der Waals surface area contributed by atoms with Gasteiger partial charge >= 0.3 is 5.97 Å². The number of benzene rings is 2. The molecule has 6 nitrogen and oxygen atoms in total. The third-order valence-electron chi connectivity index (χ3n) is 4.28. The summed E-state index contributed by atoms with van der Waals surface area (Å²) in [7, 11) is 0. The topological polar surface area (TPSA) is 79.5 Å². The van der Waals surface area contributed by atoms with E-state index >= 15 is 0 Å². The zero-order chi connectivity index (χ0) is 20.1. The smallest absolute Gasteiger partial charge is 0.337 e. The summed E-state index contributed by atoms with van der Waals surface area (Å²) in [5.74, 6) is -1.00. The van der Waals surface area contributed by atoms with Crippen molar-refractivity contribution in [3.8, 4) is 10.6 Å². The summed E-state index contributed by atoms with van der Waals surface area (Å²) in [4.78, 5) is 12.4. The van der Waals surface area contributed by atoms with Crippen LogP contribution in [-0.2, 0) is 6.54 Å². The Labute approximate surface area is 171 Å². The van der Waals surface area contributed by atoms with Crippen molar-refractivity contribution in [3.63, 3.8) is 0 Å². The van der Waals surface area contributed by atoms with Crippen molar-refractivity contribution in [2.24, 2.45) is 5.10 Å². The fourth-order valence-corrected chi connectivity index (χ4v) is 3.66. The molecule has 4 aromatic rings. The highest BCUT2D eigenvalue weighted by Crippen LogP contribution is 2.26. The second-order valence-electron chi connectivity index (χ2n) is 6.31. The first-order valence-electron chi connectivity index (χ1n) is 8.97. The second-order valence-corrected chi connectivity index (χ2v) is 7.26. The first kappa shape index (κ1) is 18.6. The van der Waals surface area contributed by atoms with Crippen molar-refractivity contribution < 1.29 is 9.90 Å². The van der Waals surface area contributed by atoms with Gasteiger partial charge < -0.3 is 5.11 Å². The summed E-state index contributed by atoms with van der Waals surface area (Å²) in [6.07, 6.45) is 3.61. The number of hydrogen-bond donors (Lipinski definition) is 2. The summed E-state index contributed by atoms with van der Waals surface area (Å²) in [5.41, 5.74) is 6.28. The molecular weight excluding hydrogens is 384 g/mol. The van der Waals surface area contributed by atoms with Gasteiger partial charge in [-0.25, -0.2) is 4.79 Å². The molecule has 0 aliphatic carbocycles. The van der Waals surface area contributed by atoms with Crippen LogP contribution >= 0.6 is 11.3 Å². The number of carboxylic acid groups (broad SMARTS) is 1. The van der Waals surface area contributed by atoms with E-state index in [9.17, 15) is 9.90 Å². The molecule has 2 aromatic heterocycles. The predicted octanol–water partition coefficient (Wildman–Crippen LogP) is 4.80. The minimum atomic E-state index is -1.00. The standard InChI is InChI=1S/C22H18N4O2S/c27-22(28)18-9-4-5-10-19(18)24-23-13-17-15-26(14-16-7-2-1-3-8-16)25-21(17)20-11-6-12-29-20/h1-13,15,24H,14H2,(H,27,28)/b23-13+. The normalized spacial score (nSPS) is 11.0. The quantitative estimate of drug-likeness (QED) is 0.344. The lowest BCUT2D eigenvalue weighted by atomic mass is 10.2. The zero-order valence-electron chi connectivity index (χ0n) is 15.4. The number of aromatic nitrogens is 2. The molecule has 0 aliphatic rings. The second kappa shape index (κ2) is 8.53. The third kappa shape index (κ3) is 4.41. The van der Waals surface area contributed by atoms with Gasteiger partial charge in [-0.1, -0.05) is 48.5 Å². The molecule has 0 fully saturated rings. The van der Waals surface area contributed by atoms with E-state index in [-0.39, 0.29) is 5.56 Å². The van der Waals surface area contributed by atoms with Crippen molar-refractivity contribution >= 4 is 29.2 Å². The molecule has 0 saturated carbocycles. The Morgan fingerprint density at radius 3 is 2.66 bits per heavy atom. The van der Waals surface area contributed by atoms with Crippen LogP contribution < -0.4 is 5.43 Å². The Morgan fingerprint density at radius 2 is 1.90 bits per heavy atom. The highest BCUT2D eigenvalue weighted by Gasteiger charge is 2.12. The molecule has 0 spiro atoms. The molecule has 144 valence electrons. The van der Waals surface area contributed by atoms with E-state index in [0.717, 1.165) is 21.7 Å². The Morgan fingerprint density at radius 1 is 1.10 bits per heavy atom. The molecule has 0 saturated heterocycles. The lowest BCUT2D eigenvalue weighted by Crippen LogP contribution is -2.02. The van der Waals surface area contributed by atoms with Crippen LogP contribution in [-0.4, -0.2) is 27.1 Å². The van der Waals surface area contributed by atoms with Gasteiger partial charge in [-0.3, -0.25) is 10.1 Å². The predicted molar refractivity (Wildman–Crippen MR) is 116 cm³/mol. The molecule has 29 heavy (non-hydrogen) atoms. The lowest BCUT2D eigenvalue weighted by molar-refractivity contribution is 0.0698. The van der Waals surface area contributed by atoms with E-state index in [1.54, 1.807) is 35.8 Å². The van der Waals surface area contributed by atoms with Gasteiger partial charge in [0, 0.05) is 11.8 Å². The van der Waals surface area contributed by atoms with Crippen LogP contribution in [0.4, 0.5) is 5.69 Å². The van der Waals surface area contributed by atoms with E-state index < -0.39 is 5.97 Å². The fourth-order valence-electron chi connectivity index (χ4n) is 2.93. The Balaban J connectivity index is 1.60. The molecule has 0 amide bonds. The average molecular weight is 402 g/mol. The van der Waals surface area contributed by atoms with Gasteiger partial charge in [0.15, 0.2) is 0 Å². The largest absolute Gasteiger partial charge is 0.478 e. The van der Waals surface area contributed by atoms with E-state index in [1.165, 1.54) is 6.07 Å². The van der Waals surface area contributed by atoms with Crippen molar-refractivity contribution in [1.29, 1.82) is 0 Å². The number of para-hydroxylation sites is 1. The molecular formula is C22H18N4O2S. The highest BCUT2D eigenvalue weighted by molar-refractivity contribution is 7.13. The maximum Gasteiger partial charge on any atom is 0.337 e. The van der Waals surface area contributed by atoms with Crippen LogP contribution in [0.15, 0.2) is 83.4 Å². The Bertz CT molecular complexity index is 1130. The molecule has 0 atom stereocenters. The summed E-state index contributed by atoms with van der Waals surface area (Å²) in [6.45, 7) is 0.655. The molecule has 0 aliphatic heterocycles. The van der Waals surface area contributed by atoms with Gasteiger partial charge in [0.2, 0.25) is 0 Å². The van der Waals surface area contributed by atoms with Crippen LogP contribution in [0, 0.1) is 0 Å². The van der Waals surface area contributed by atoms with Crippen molar-refractivity contribution in [2.75, 3.05) is 5.43 Å². The third-order valence-corrected chi connectivity index (χ3v) is 5.15. The molecule has 7 heteroatoms. The molecule has 4 rings (SSSR count). The van der Waals surface area contributed by atoms with Gasteiger partial charge in [-0.05, 0) is 29.1 Å². The van der Waals surface area contributed by atoms with E-state index in [0.29, 0.717) is 12.2 Å². The molecule has 0 radical (unpaired) electrons. The van der Waals surface area contributed by atoms with Crippen molar-refractivity contribution in [3.05, 3.63) is 95.0 Å². The minimum absolute atomic E-state index is 0.169. The number of rotatable bonds is 7. The number of nitrogens with zero attached hydrogens (tertiary/aromatic N) is 3. The van der Waals surface area contributed by atoms with E-state index in [1.807, 2.05) is 46.6 Å². The van der Waals surface area contributed by atoms with E-state index in [4.69, 9.17) is 5.10 Å². The number of nitrogens with one attached hydrogen (secondary N) is 1. The van der Waals surface area contributed by atoms with Crippen LogP contribution in [0.2, 0.25) is 0 Å². The first-order chi connectivity index (χ1) is 14.2. The number of thiophene rings is 1. The number of carbonyl (C=O) groups is 1. The summed E-state index contributed by atoms with van der Waals surface area (Å²) < 4.78 is 1.89. The van der Waals surface area contributed by atoms with Crippen LogP contribution in [0.25, 0.3) is 10.6 Å². The Hall–Kier alpha value is -3.71. The fraction of sp³-hybridized carbons (Fsp3) is 0.0455. The van der Waals surface area contributed by atoms with Crippen LogP contribution in [0.5, 0.6) is 0 Å². The van der Waals surface area contributed by atoms with E-state index in [2.05, 4.69) is 22.7 Å². The molecule has 2 aromatic carbocycles. The zero-order valence-corrected chi connectivity index (χ0v) is 16.2. The number of carboxylic acids is 1. The van der Waals surface area contributed by atoms with Gasteiger partial charge in [-0.15, -0.1) is 11.3 Å².